The van der Waals surface area contributed by atoms with Crippen LogP contribution in [0.15, 0.2) is 88.1 Å². The number of phenols is 2. The Morgan fingerprint density at radius 2 is 1.53 bits per heavy atom. The molecule has 1 saturated heterocycles. The minimum atomic E-state index is -1.22. The molecule has 0 bridgehead atoms. The molecule has 3 atom stereocenters. The van der Waals surface area contributed by atoms with Gasteiger partial charge in [-0.05, 0) is 78.9 Å². The molecule has 1 fully saturated rings. The van der Waals surface area contributed by atoms with Gasteiger partial charge in [-0.3, -0.25) is 19.2 Å². The van der Waals surface area contributed by atoms with Crippen molar-refractivity contribution in [2.24, 2.45) is 0 Å². The Morgan fingerprint density at radius 3 is 2.25 bits per heavy atom. The monoisotopic (exact) mass is 749 g/mol. The average molecular weight is 750 g/mol. The summed E-state index contributed by atoms with van der Waals surface area (Å²) in [6.45, 7) is 1.98. The number of unbranched alkanes of at least 4 members (excludes halogenated alkanes) is 2. The zero-order valence-corrected chi connectivity index (χ0v) is 29.8. The average Bonchev–Trinajstić information content (AvgIpc) is 3.14. The lowest BCUT2D eigenvalue weighted by atomic mass is 9.89. The maximum atomic E-state index is 13.0. The maximum Gasteiger partial charge on any atom is 0.336 e. The van der Waals surface area contributed by atoms with E-state index in [0.717, 1.165) is 0 Å². The molecule has 6 rings (SSSR count). The van der Waals surface area contributed by atoms with E-state index < -0.39 is 36.0 Å². The summed E-state index contributed by atoms with van der Waals surface area (Å²) in [7, 11) is 0. The van der Waals surface area contributed by atoms with Gasteiger partial charge in [-0.1, -0.05) is 30.7 Å². The maximum absolute atomic E-state index is 13.0. The lowest BCUT2D eigenvalue weighted by Crippen LogP contribution is -2.62. The number of ether oxygens (including phenoxy) is 1. The molecule has 1 aliphatic carbocycles. The van der Waals surface area contributed by atoms with Crippen LogP contribution >= 0.6 is 0 Å². The fraction of sp³-hybridized carbons (Fsp3) is 0.268. The van der Waals surface area contributed by atoms with Crippen LogP contribution in [-0.2, 0) is 36.8 Å². The molecule has 0 radical (unpaired) electrons. The second-order valence-corrected chi connectivity index (χ2v) is 13.5. The van der Waals surface area contributed by atoms with Gasteiger partial charge >= 0.3 is 11.9 Å². The van der Waals surface area contributed by atoms with E-state index in [4.69, 9.17) is 9.15 Å². The number of nitrogens with one attached hydrogen (secondary N) is 3. The number of phenolic OH excluding ortho intramolecular Hbond substituents is 2. The van der Waals surface area contributed by atoms with E-state index in [9.17, 15) is 44.1 Å². The molecule has 3 aromatic carbocycles. The Morgan fingerprint density at radius 1 is 0.800 bits per heavy atom. The van der Waals surface area contributed by atoms with Gasteiger partial charge in [0.15, 0.2) is 11.5 Å². The topological polar surface area (TPSA) is 222 Å². The van der Waals surface area contributed by atoms with Crippen molar-refractivity contribution in [1.29, 1.82) is 0 Å². The molecular formula is C41H39N3O11. The van der Waals surface area contributed by atoms with Crippen LogP contribution in [0.2, 0.25) is 0 Å². The van der Waals surface area contributed by atoms with Crippen molar-refractivity contribution >= 4 is 40.6 Å². The van der Waals surface area contributed by atoms with Crippen LogP contribution in [0.5, 0.6) is 11.5 Å². The summed E-state index contributed by atoms with van der Waals surface area (Å²) in [6.07, 6.45) is 1.36. The zero-order valence-electron chi connectivity index (χ0n) is 29.8. The minimum Gasteiger partial charge on any atom is -0.508 e. The van der Waals surface area contributed by atoms with Crippen molar-refractivity contribution in [3.63, 3.8) is 0 Å². The van der Waals surface area contributed by atoms with Crippen LogP contribution in [0.3, 0.4) is 0 Å². The lowest BCUT2D eigenvalue weighted by molar-refractivity contribution is -0.176. The highest BCUT2D eigenvalue weighted by molar-refractivity contribution is 6.07. The molecule has 3 aliphatic rings. The van der Waals surface area contributed by atoms with E-state index in [-0.39, 0.29) is 64.9 Å². The number of amides is 3. The van der Waals surface area contributed by atoms with Crippen LogP contribution in [0, 0.1) is 0 Å². The molecule has 3 amide bonds. The summed E-state index contributed by atoms with van der Waals surface area (Å²) in [5, 5.41) is 38.6. The normalized spacial score (nSPS) is 15.5. The Kier molecular flexibility index (Phi) is 11.4. The standard InChI is InChI=1S/C41H39N3O11/c1-22-38(41(53)54-22)44-39(50)32(18-23-6-9-25(45)10-7-23)43-35(48)5-3-2-4-16-42-36(49)19-24-8-13-28(31(17-24)40(51)52)37-29-14-11-26(46)20-33(29)55-34-21-27(47)12-15-30(34)37/h6-15,17,20-22,32,38,45-46H,2-5,16,18-19H2,1H3,(H,42,49)(H,43,48)(H,44,50)(H,51,52). The van der Waals surface area contributed by atoms with Crippen molar-refractivity contribution in [1.82, 2.24) is 16.0 Å². The van der Waals surface area contributed by atoms with Crippen LogP contribution in [0.4, 0.5) is 0 Å². The third-order valence-corrected chi connectivity index (χ3v) is 9.38. The molecule has 3 aromatic rings. The van der Waals surface area contributed by atoms with Crippen LogP contribution in [0.25, 0.3) is 33.4 Å². The van der Waals surface area contributed by atoms with Crippen molar-refractivity contribution in [2.45, 2.75) is 63.6 Å². The van der Waals surface area contributed by atoms with E-state index in [1.807, 2.05) is 0 Å². The molecular weight excluding hydrogens is 710 g/mol. The minimum absolute atomic E-state index is 0.0560. The second kappa shape index (κ2) is 16.5. The first-order valence-electron chi connectivity index (χ1n) is 17.8. The number of benzene rings is 4. The number of carbonyl (C=O) groups is 5. The van der Waals surface area contributed by atoms with Gasteiger partial charge in [0.1, 0.15) is 35.0 Å². The summed E-state index contributed by atoms with van der Waals surface area (Å²) in [5.74, 6) is -2.73. The van der Waals surface area contributed by atoms with E-state index in [1.165, 1.54) is 42.5 Å². The highest BCUT2D eigenvalue weighted by Crippen LogP contribution is 2.42. The van der Waals surface area contributed by atoms with Gasteiger partial charge in [0, 0.05) is 48.0 Å². The van der Waals surface area contributed by atoms with E-state index in [0.29, 0.717) is 59.0 Å². The van der Waals surface area contributed by atoms with Gasteiger partial charge in [0.2, 0.25) is 17.7 Å². The van der Waals surface area contributed by atoms with Crippen LogP contribution < -0.4 is 21.4 Å². The van der Waals surface area contributed by atoms with Gasteiger partial charge in [0.05, 0.1) is 12.0 Å². The summed E-state index contributed by atoms with van der Waals surface area (Å²) in [4.78, 5) is 75.0. The van der Waals surface area contributed by atoms with E-state index in [2.05, 4.69) is 16.0 Å². The fourth-order valence-electron chi connectivity index (χ4n) is 6.53. The number of cyclic esters (lactones) is 1. The molecule has 0 spiro atoms. The Labute approximate surface area is 314 Å². The van der Waals surface area contributed by atoms with Crippen molar-refractivity contribution in [2.75, 3.05) is 6.54 Å². The van der Waals surface area contributed by atoms with E-state index in [1.54, 1.807) is 43.3 Å². The van der Waals surface area contributed by atoms with Gasteiger partial charge in [-0.15, -0.1) is 0 Å². The summed E-state index contributed by atoms with van der Waals surface area (Å²) >= 11 is 0. The number of hydrogen-bond acceptors (Lipinski definition) is 10. The van der Waals surface area contributed by atoms with Gasteiger partial charge in [-0.2, -0.15) is 0 Å². The van der Waals surface area contributed by atoms with Crippen molar-refractivity contribution in [3.05, 3.63) is 106 Å². The van der Waals surface area contributed by atoms with Gasteiger partial charge < -0.3 is 40.4 Å². The third-order valence-electron chi connectivity index (χ3n) is 9.38. The fourth-order valence-corrected chi connectivity index (χ4v) is 6.53. The number of aromatic carboxylic acids is 1. The first-order chi connectivity index (χ1) is 26.4. The van der Waals surface area contributed by atoms with Crippen molar-refractivity contribution < 1.29 is 48.4 Å². The second-order valence-electron chi connectivity index (χ2n) is 13.5. The van der Waals surface area contributed by atoms with Crippen molar-refractivity contribution in [3.8, 4) is 33.9 Å². The number of rotatable bonds is 15. The lowest BCUT2D eigenvalue weighted by Gasteiger charge is -2.33. The molecule has 2 heterocycles. The molecule has 0 aromatic heterocycles. The SMILES string of the molecule is CC1OC(=O)C1NC(=O)C(Cc1ccc(O)cc1)NC(=O)CCCCCNC(=O)Cc1ccc(-c2c3ccc(=O)cc-3oc3cc(O)ccc23)c(C(=O)O)c1. The Hall–Kier alpha value is -6.70. The van der Waals surface area contributed by atoms with Gasteiger partial charge in [-0.25, -0.2) is 9.59 Å². The summed E-state index contributed by atoms with van der Waals surface area (Å²) in [6, 6.07) is 17.9. The molecule has 14 heteroatoms. The third kappa shape index (κ3) is 9.10. The van der Waals surface area contributed by atoms with E-state index >= 15 is 0 Å². The predicted molar refractivity (Wildman–Crippen MR) is 200 cm³/mol. The predicted octanol–water partition coefficient (Wildman–Crippen LogP) is 4.05. The highest BCUT2D eigenvalue weighted by atomic mass is 16.6. The molecule has 0 saturated carbocycles. The van der Waals surface area contributed by atoms with Crippen LogP contribution in [-0.4, -0.2) is 69.7 Å². The summed E-state index contributed by atoms with van der Waals surface area (Å²) in [5.41, 5.74) is 2.44. The Bertz CT molecular complexity index is 2300. The number of fused-ring (bicyclic) bond motifs is 2. The molecule has 2 aliphatic heterocycles. The summed E-state index contributed by atoms with van der Waals surface area (Å²) < 4.78 is 10.8. The number of carboxylic acids is 1. The molecule has 3 unspecified atom stereocenters. The smallest absolute Gasteiger partial charge is 0.336 e. The number of carbonyl (C=O) groups excluding carboxylic acids is 4. The first kappa shape index (κ1) is 38.0. The number of aromatic hydroxyl groups is 2. The van der Waals surface area contributed by atoms with Crippen LogP contribution in [0.1, 0.15) is 54.1 Å². The largest absolute Gasteiger partial charge is 0.508 e. The molecule has 284 valence electrons. The quantitative estimate of drug-likeness (QED) is 0.0509. The van der Waals surface area contributed by atoms with Gasteiger partial charge in [0.25, 0.3) is 0 Å². The molecule has 6 N–H and O–H groups in total. The first-order valence-corrected chi connectivity index (χ1v) is 17.8. The Balaban J connectivity index is 1.02. The number of hydrogen-bond donors (Lipinski definition) is 6. The number of esters is 1. The highest BCUT2D eigenvalue weighted by Gasteiger charge is 2.41. The zero-order chi connectivity index (χ0) is 39.2. The molecule has 55 heavy (non-hydrogen) atoms. The number of carboxylic acid groups (broad SMARTS) is 1. The molecule has 14 nitrogen and oxygen atoms in total.